The van der Waals surface area contributed by atoms with Gasteiger partial charge in [-0.05, 0) is 50.9 Å². The number of hydrogen-bond donors (Lipinski definition) is 1. The van der Waals surface area contributed by atoms with E-state index in [0.717, 1.165) is 24.9 Å². The standard InChI is InChI=1S/C13H23NO2/c1-10(15)2-7-13(16)14(8-11-3-4-11)9-12-5-6-12/h10-12,15H,2-9H2,1H3. The summed E-state index contributed by atoms with van der Waals surface area (Å²) in [7, 11) is 0. The van der Waals surface area contributed by atoms with Gasteiger partial charge in [0.25, 0.3) is 0 Å². The minimum atomic E-state index is -0.354. The Labute approximate surface area is 97.8 Å². The summed E-state index contributed by atoms with van der Waals surface area (Å²) in [5.74, 6) is 1.79. The number of carbonyl (C=O) groups is 1. The average molecular weight is 225 g/mol. The van der Waals surface area contributed by atoms with E-state index in [1.807, 2.05) is 0 Å². The summed E-state index contributed by atoms with van der Waals surface area (Å²) in [6.45, 7) is 3.68. The molecule has 0 saturated heterocycles. The van der Waals surface area contributed by atoms with Crippen molar-refractivity contribution in [3.63, 3.8) is 0 Å². The largest absolute Gasteiger partial charge is 0.393 e. The Hall–Kier alpha value is -0.570. The Morgan fingerprint density at radius 3 is 2.12 bits per heavy atom. The summed E-state index contributed by atoms with van der Waals surface area (Å²) >= 11 is 0. The Bertz CT molecular complexity index is 230. The Kier molecular flexibility index (Phi) is 3.85. The number of amides is 1. The van der Waals surface area contributed by atoms with Crippen molar-refractivity contribution in [2.45, 2.75) is 51.6 Å². The second-order valence-corrected chi connectivity index (χ2v) is 5.57. The minimum absolute atomic E-state index is 0.250. The lowest BCUT2D eigenvalue weighted by Crippen LogP contribution is -2.35. The molecular formula is C13H23NO2. The van der Waals surface area contributed by atoms with E-state index >= 15 is 0 Å². The van der Waals surface area contributed by atoms with Gasteiger partial charge in [0.1, 0.15) is 0 Å². The van der Waals surface area contributed by atoms with Crippen LogP contribution in [0, 0.1) is 11.8 Å². The van der Waals surface area contributed by atoms with Crippen LogP contribution in [0.4, 0.5) is 0 Å². The van der Waals surface area contributed by atoms with Crippen LogP contribution in [0.15, 0.2) is 0 Å². The number of aliphatic hydroxyl groups excluding tert-OH is 1. The maximum absolute atomic E-state index is 12.0. The third-order valence-electron chi connectivity index (χ3n) is 3.48. The topological polar surface area (TPSA) is 40.5 Å². The van der Waals surface area contributed by atoms with Crippen molar-refractivity contribution >= 4 is 5.91 Å². The van der Waals surface area contributed by atoms with Crippen LogP contribution in [0.2, 0.25) is 0 Å². The molecule has 2 rings (SSSR count). The zero-order valence-electron chi connectivity index (χ0n) is 10.2. The van der Waals surface area contributed by atoms with E-state index in [4.69, 9.17) is 0 Å². The molecule has 2 aliphatic rings. The molecular weight excluding hydrogens is 202 g/mol. The molecule has 1 N–H and O–H groups in total. The molecule has 1 unspecified atom stereocenters. The molecule has 0 aromatic rings. The van der Waals surface area contributed by atoms with E-state index in [1.165, 1.54) is 25.7 Å². The van der Waals surface area contributed by atoms with Crippen LogP contribution in [0.25, 0.3) is 0 Å². The molecule has 0 radical (unpaired) electrons. The zero-order valence-corrected chi connectivity index (χ0v) is 10.2. The molecule has 0 spiro atoms. The first-order valence-corrected chi connectivity index (χ1v) is 6.61. The van der Waals surface area contributed by atoms with Gasteiger partial charge in [-0.2, -0.15) is 0 Å². The third-order valence-corrected chi connectivity index (χ3v) is 3.48. The Morgan fingerprint density at radius 1 is 1.25 bits per heavy atom. The molecule has 3 heteroatoms. The van der Waals surface area contributed by atoms with Crippen LogP contribution in [0.3, 0.4) is 0 Å². The van der Waals surface area contributed by atoms with E-state index in [9.17, 15) is 9.90 Å². The quantitative estimate of drug-likeness (QED) is 0.717. The van der Waals surface area contributed by atoms with E-state index in [-0.39, 0.29) is 12.0 Å². The molecule has 0 aliphatic heterocycles. The Balaban J connectivity index is 1.75. The van der Waals surface area contributed by atoms with E-state index in [2.05, 4.69) is 4.90 Å². The molecule has 0 aromatic carbocycles. The van der Waals surface area contributed by atoms with Crippen molar-refractivity contribution in [3.8, 4) is 0 Å². The van der Waals surface area contributed by atoms with Gasteiger partial charge in [0.2, 0.25) is 5.91 Å². The molecule has 1 atom stereocenters. The first kappa shape index (κ1) is 11.9. The minimum Gasteiger partial charge on any atom is -0.393 e. The molecule has 16 heavy (non-hydrogen) atoms. The van der Waals surface area contributed by atoms with Crippen LogP contribution >= 0.6 is 0 Å². The maximum atomic E-state index is 12.0. The fraction of sp³-hybridized carbons (Fsp3) is 0.923. The van der Waals surface area contributed by atoms with Crippen LogP contribution in [0.5, 0.6) is 0 Å². The van der Waals surface area contributed by atoms with E-state index in [1.54, 1.807) is 6.92 Å². The highest BCUT2D eigenvalue weighted by Crippen LogP contribution is 2.34. The maximum Gasteiger partial charge on any atom is 0.222 e. The summed E-state index contributed by atoms with van der Waals surface area (Å²) in [6.07, 6.45) is 5.94. The fourth-order valence-electron chi connectivity index (χ4n) is 1.99. The van der Waals surface area contributed by atoms with Gasteiger partial charge in [-0.15, -0.1) is 0 Å². The van der Waals surface area contributed by atoms with Gasteiger partial charge in [0, 0.05) is 19.5 Å². The summed E-state index contributed by atoms with van der Waals surface area (Å²) < 4.78 is 0. The first-order chi connectivity index (χ1) is 7.65. The lowest BCUT2D eigenvalue weighted by Gasteiger charge is -2.23. The second-order valence-electron chi connectivity index (χ2n) is 5.57. The van der Waals surface area contributed by atoms with Crippen molar-refractivity contribution in [2.24, 2.45) is 11.8 Å². The van der Waals surface area contributed by atoms with Gasteiger partial charge in [-0.25, -0.2) is 0 Å². The number of aliphatic hydroxyl groups is 1. The summed E-state index contributed by atoms with van der Waals surface area (Å²) in [5.41, 5.74) is 0. The highest BCUT2D eigenvalue weighted by molar-refractivity contribution is 5.76. The summed E-state index contributed by atoms with van der Waals surface area (Å²) in [6, 6.07) is 0. The van der Waals surface area contributed by atoms with Crippen LogP contribution < -0.4 is 0 Å². The smallest absolute Gasteiger partial charge is 0.222 e. The monoisotopic (exact) mass is 225 g/mol. The van der Waals surface area contributed by atoms with Gasteiger partial charge < -0.3 is 10.0 Å². The van der Waals surface area contributed by atoms with Crippen molar-refractivity contribution < 1.29 is 9.90 Å². The van der Waals surface area contributed by atoms with Crippen molar-refractivity contribution in [1.82, 2.24) is 4.90 Å². The lowest BCUT2D eigenvalue weighted by molar-refractivity contribution is -0.132. The normalized spacial score (nSPS) is 21.9. The predicted octanol–water partition coefficient (Wildman–Crippen LogP) is 1.80. The molecule has 3 nitrogen and oxygen atoms in total. The van der Waals surface area contributed by atoms with Crippen LogP contribution in [0.1, 0.15) is 45.4 Å². The van der Waals surface area contributed by atoms with Gasteiger partial charge in [-0.3, -0.25) is 4.79 Å². The average Bonchev–Trinajstić information content (AvgIpc) is 3.06. The molecule has 2 aliphatic carbocycles. The lowest BCUT2D eigenvalue weighted by atomic mass is 10.2. The van der Waals surface area contributed by atoms with E-state index in [0.29, 0.717) is 12.8 Å². The van der Waals surface area contributed by atoms with E-state index < -0.39 is 0 Å². The SMILES string of the molecule is CC(O)CCC(=O)N(CC1CC1)CC1CC1. The van der Waals surface area contributed by atoms with Crippen LogP contribution in [-0.4, -0.2) is 35.1 Å². The third kappa shape index (κ3) is 4.12. The first-order valence-electron chi connectivity index (χ1n) is 6.61. The summed E-state index contributed by atoms with van der Waals surface area (Å²) in [5, 5.41) is 9.20. The van der Waals surface area contributed by atoms with Crippen molar-refractivity contribution in [3.05, 3.63) is 0 Å². The van der Waals surface area contributed by atoms with Gasteiger partial charge in [0.05, 0.1) is 6.10 Å². The highest BCUT2D eigenvalue weighted by Gasteiger charge is 2.31. The van der Waals surface area contributed by atoms with Crippen LogP contribution in [-0.2, 0) is 4.79 Å². The Morgan fingerprint density at radius 2 is 1.75 bits per heavy atom. The van der Waals surface area contributed by atoms with Crippen molar-refractivity contribution in [2.75, 3.05) is 13.1 Å². The number of rotatable bonds is 7. The summed E-state index contributed by atoms with van der Waals surface area (Å²) in [4.78, 5) is 14.0. The molecule has 2 saturated carbocycles. The van der Waals surface area contributed by atoms with Gasteiger partial charge >= 0.3 is 0 Å². The number of nitrogens with zero attached hydrogens (tertiary/aromatic N) is 1. The second kappa shape index (κ2) is 5.17. The molecule has 2 fully saturated rings. The predicted molar refractivity (Wildman–Crippen MR) is 62.9 cm³/mol. The fourth-order valence-corrected chi connectivity index (χ4v) is 1.99. The molecule has 1 amide bonds. The zero-order chi connectivity index (χ0) is 11.5. The van der Waals surface area contributed by atoms with Gasteiger partial charge in [0.15, 0.2) is 0 Å². The number of carbonyl (C=O) groups excluding carboxylic acids is 1. The molecule has 92 valence electrons. The van der Waals surface area contributed by atoms with Crippen molar-refractivity contribution in [1.29, 1.82) is 0 Å². The number of hydrogen-bond acceptors (Lipinski definition) is 2. The highest BCUT2D eigenvalue weighted by atomic mass is 16.3. The van der Waals surface area contributed by atoms with Gasteiger partial charge in [-0.1, -0.05) is 0 Å². The molecule has 0 bridgehead atoms. The molecule has 0 heterocycles. The molecule has 0 aromatic heterocycles.